The molecule has 3 aromatic rings. The topological polar surface area (TPSA) is 93.5 Å². The van der Waals surface area contributed by atoms with Gasteiger partial charge in [0.15, 0.2) is 0 Å². The number of aliphatic imine (C=N–C) groups is 1. The molecular formula is C22H22N4OS. The van der Waals surface area contributed by atoms with Gasteiger partial charge in [-0.05, 0) is 52.9 Å². The van der Waals surface area contributed by atoms with Gasteiger partial charge in [0.1, 0.15) is 5.84 Å². The van der Waals surface area contributed by atoms with Crippen LogP contribution in [0.5, 0.6) is 0 Å². The molecule has 0 radical (unpaired) electrons. The Morgan fingerprint density at radius 1 is 0.964 bits per heavy atom. The Labute approximate surface area is 169 Å². The summed E-state index contributed by atoms with van der Waals surface area (Å²) in [4.78, 5) is 17.5. The highest BCUT2D eigenvalue weighted by Crippen LogP contribution is 2.23. The fraction of sp³-hybridized carbons (Fsp3) is 0.0909. The van der Waals surface area contributed by atoms with Crippen LogP contribution in [-0.2, 0) is 6.54 Å². The van der Waals surface area contributed by atoms with E-state index in [1.165, 1.54) is 11.9 Å². The van der Waals surface area contributed by atoms with E-state index >= 15 is 0 Å². The highest BCUT2D eigenvalue weighted by atomic mass is 32.2. The Hall–Kier alpha value is -3.09. The zero-order valence-electron chi connectivity index (χ0n) is 15.6. The molecule has 28 heavy (non-hydrogen) atoms. The summed E-state index contributed by atoms with van der Waals surface area (Å²) in [5, 5.41) is 8.52. The van der Waals surface area contributed by atoms with Crippen molar-refractivity contribution in [2.75, 3.05) is 7.05 Å². The molecule has 0 aromatic heterocycles. The van der Waals surface area contributed by atoms with Gasteiger partial charge in [0.2, 0.25) is 0 Å². The normalized spacial score (nSPS) is 11.3. The van der Waals surface area contributed by atoms with Crippen LogP contribution in [0.4, 0.5) is 0 Å². The highest BCUT2D eigenvalue weighted by Gasteiger charge is 2.08. The number of nitrogens with zero attached hydrogens (tertiary/aromatic N) is 1. The van der Waals surface area contributed by atoms with Crippen molar-refractivity contribution in [2.45, 2.75) is 11.4 Å². The fourth-order valence-corrected chi connectivity index (χ4v) is 3.07. The number of amidine groups is 1. The summed E-state index contributed by atoms with van der Waals surface area (Å²) in [6.07, 6.45) is 0. The lowest BCUT2D eigenvalue weighted by atomic mass is 10.0. The summed E-state index contributed by atoms with van der Waals surface area (Å²) in [7, 11) is 1.66. The quantitative estimate of drug-likeness (QED) is 0.341. The molecule has 0 aliphatic heterocycles. The first-order valence-electron chi connectivity index (χ1n) is 8.77. The Kier molecular flexibility index (Phi) is 6.47. The van der Waals surface area contributed by atoms with Gasteiger partial charge in [-0.1, -0.05) is 48.5 Å². The third kappa shape index (κ3) is 4.79. The molecular weight excluding hydrogens is 368 g/mol. The average Bonchev–Trinajstić information content (AvgIpc) is 2.77. The van der Waals surface area contributed by atoms with Crippen molar-refractivity contribution in [3.63, 3.8) is 0 Å². The van der Waals surface area contributed by atoms with Gasteiger partial charge in [-0.25, -0.2) is 0 Å². The zero-order chi connectivity index (χ0) is 19.9. The van der Waals surface area contributed by atoms with E-state index in [0.717, 1.165) is 27.1 Å². The molecule has 3 rings (SSSR count). The molecule has 0 aliphatic carbocycles. The van der Waals surface area contributed by atoms with Crippen LogP contribution in [0.1, 0.15) is 21.5 Å². The van der Waals surface area contributed by atoms with Crippen LogP contribution in [0, 0.1) is 0 Å². The lowest BCUT2D eigenvalue weighted by Gasteiger charge is -2.09. The summed E-state index contributed by atoms with van der Waals surface area (Å²) in [5.74, 6) is 0.375. The Morgan fingerprint density at radius 3 is 2.32 bits per heavy atom. The van der Waals surface area contributed by atoms with Gasteiger partial charge in [-0.15, -0.1) is 0 Å². The number of nitrogens with two attached hydrogens (primary N) is 2. The third-order valence-corrected chi connectivity index (χ3v) is 4.94. The van der Waals surface area contributed by atoms with Crippen molar-refractivity contribution in [1.82, 2.24) is 5.32 Å². The predicted molar refractivity (Wildman–Crippen MR) is 116 cm³/mol. The highest BCUT2D eigenvalue weighted by molar-refractivity contribution is 7.97. The number of carbonyl (C=O) groups excluding carboxylic acids is 1. The number of amides is 1. The van der Waals surface area contributed by atoms with E-state index in [4.69, 9.17) is 10.9 Å². The summed E-state index contributed by atoms with van der Waals surface area (Å²) < 4.78 is 0. The molecule has 142 valence electrons. The number of nitrogens with one attached hydrogen (secondary N) is 1. The second-order valence-corrected chi connectivity index (χ2v) is 6.92. The van der Waals surface area contributed by atoms with E-state index in [9.17, 15) is 4.79 Å². The first-order valence-corrected chi connectivity index (χ1v) is 9.65. The lowest BCUT2D eigenvalue weighted by molar-refractivity contribution is 0.0951. The van der Waals surface area contributed by atoms with Crippen molar-refractivity contribution >= 4 is 23.7 Å². The van der Waals surface area contributed by atoms with Crippen LogP contribution in [0.3, 0.4) is 0 Å². The molecule has 0 saturated carbocycles. The molecule has 3 aromatic carbocycles. The van der Waals surface area contributed by atoms with Gasteiger partial charge < -0.3 is 11.1 Å². The molecule has 0 atom stereocenters. The summed E-state index contributed by atoms with van der Waals surface area (Å²) in [6.45, 7) is 0.439. The van der Waals surface area contributed by atoms with E-state index in [1.54, 1.807) is 7.05 Å². The van der Waals surface area contributed by atoms with Crippen molar-refractivity contribution in [1.29, 1.82) is 0 Å². The Balaban J connectivity index is 1.67. The van der Waals surface area contributed by atoms with E-state index in [0.29, 0.717) is 17.9 Å². The number of rotatable bonds is 6. The average molecular weight is 391 g/mol. The van der Waals surface area contributed by atoms with Crippen LogP contribution in [-0.4, -0.2) is 18.8 Å². The number of benzene rings is 3. The van der Waals surface area contributed by atoms with Crippen LogP contribution in [0.2, 0.25) is 0 Å². The second kappa shape index (κ2) is 9.21. The molecule has 5 N–H and O–H groups in total. The smallest absolute Gasteiger partial charge is 0.251 e. The van der Waals surface area contributed by atoms with Crippen LogP contribution >= 0.6 is 11.9 Å². The van der Waals surface area contributed by atoms with E-state index in [-0.39, 0.29) is 5.91 Å². The zero-order valence-corrected chi connectivity index (χ0v) is 16.4. The summed E-state index contributed by atoms with van der Waals surface area (Å²) in [5.41, 5.74) is 10.3. The molecule has 0 heterocycles. The SMILES string of the molecule is CN=C(N)c1ccc(CNC(=O)c2cccc(-c3ccc(SN)cc3)c2)cc1. The van der Waals surface area contributed by atoms with Crippen molar-refractivity contribution in [3.05, 3.63) is 89.5 Å². The first kappa shape index (κ1) is 19.7. The van der Waals surface area contributed by atoms with Gasteiger partial charge >= 0.3 is 0 Å². The number of hydrogen-bond acceptors (Lipinski definition) is 4. The van der Waals surface area contributed by atoms with Crippen LogP contribution in [0.25, 0.3) is 11.1 Å². The van der Waals surface area contributed by atoms with Crippen LogP contribution in [0.15, 0.2) is 82.7 Å². The van der Waals surface area contributed by atoms with Crippen molar-refractivity contribution in [2.24, 2.45) is 15.9 Å². The van der Waals surface area contributed by atoms with Crippen LogP contribution < -0.4 is 16.2 Å². The fourth-order valence-electron chi connectivity index (χ4n) is 2.77. The maximum Gasteiger partial charge on any atom is 0.251 e. The van der Waals surface area contributed by atoms with Gasteiger partial charge in [-0.3, -0.25) is 14.9 Å². The summed E-state index contributed by atoms with van der Waals surface area (Å²) >= 11 is 1.21. The molecule has 0 fully saturated rings. The van der Waals surface area contributed by atoms with Crippen molar-refractivity contribution in [3.8, 4) is 11.1 Å². The lowest BCUT2D eigenvalue weighted by Crippen LogP contribution is -2.22. The molecule has 0 bridgehead atoms. The summed E-state index contributed by atoms with van der Waals surface area (Å²) in [6, 6.07) is 23.2. The Morgan fingerprint density at radius 2 is 1.68 bits per heavy atom. The molecule has 5 nitrogen and oxygen atoms in total. The van der Waals surface area contributed by atoms with Gasteiger partial charge in [0.05, 0.1) is 0 Å². The molecule has 0 spiro atoms. The number of hydrogen-bond donors (Lipinski definition) is 3. The molecule has 1 amide bonds. The predicted octanol–water partition coefficient (Wildman–Crippen LogP) is 3.58. The van der Waals surface area contributed by atoms with Gasteiger partial charge in [0.25, 0.3) is 5.91 Å². The maximum atomic E-state index is 12.6. The molecule has 6 heteroatoms. The monoisotopic (exact) mass is 390 g/mol. The number of carbonyl (C=O) groups is 1. The molecule has 0 aliphatic rings. The largest absolute Gasteiger partial charge is 0.384 e. The van der Waals surface area contributed by atoms with Gasteiger partial charge in [-0.2, -0.15) is 0 Å². The standard InChI is InChI=1S/C22H22N4OS/c1-25-21(23)17-7-5-15(6-8-17)14-26-22(27)19-4-2-3-18(13-19)16-9-11-20(28-24)12-10-16/h2-13H,14,24H2,1H3,(H2,23,25)(H,26,27). The third-order valence-electron chi connectivity index (χ3n) is 4.39. The van der Waals surface area contributed by atoms with Gasteiger partial charge in [0, 0.05) is 29.6 Å². The van der Waals surface area contributed by atoms with E-state index in [1.807, 2.05) is 72.8 Å². The minimum Gasteiger partial charge on any atom is -0.384 e. The second-order valence-electron chi connectivity index (χ2n) is 6.21. The van der Waals surface area contributed by atoms with E-state index in [2.05, 4.69) is 10.3 Å². The minimum absolute atomic E-state index is 0.116. The maximum absolute atomic E-state index is 12.6. The molecule has 0 unspecified atom stereocenters. The minimum atomic E-state index is -0.116. The van der Waals surface area contributed by atoms with Crippen molar-refractivity contribution < 1.29 is 4.79 Å². The first-order chi connectivity index (χ1) is 13.6. The van der Waals surface area contributed by atoms with E-state index < -0.39 is 0 Å². The molecule has 0 saturated heterocycles. The Bertz CT molecular complexity index is 982.